The molecule has 2 aromatic carbocycles. The third-order valence-corrected chi connectivity index (χ3v) is 7.10. The van der Waals surface area contributed by atoms with Gasteiger partial charge >= 0.3 is 0 Å². The normalized spacial score (nSPS) is 12.4. The van der Waals surface area contributed by atoms with Gasteiger partial charge in [-0.05, 0) is 38.0 Å². The van der Waals surface area contributed by atoms with E-state index in [1.807, 2.05) is 44.2 Å². The molecule has 0 fully saturated rings. The van der Waals surface area contributed by atoms with Crippen LogP contribution in [0.4, 0.5) is 0 Å². The van der Waals surface area contributed by atoms with E-state index in [1.165, 1.54) is 24.1 Å². The second-order valence-corrected chi connectivity index (χ2v) is 9.95. The van der Waals surface area contributed by atoms with Crippen molar-refractivity contribution >= 4 is 21.8 Å². The summed E-state index contributed by atoms with van der Waals surface area (Å²) in [5, 5.41) is 2.85. The molecule has 0 saturated heterocycles. The van der Waals surface area contributed by atoms with Gasteiger partial charge in [0, 0.05) is 20.1 Å². The molecule has 1 atom stereocenters. The SMILES string of the molecule is CCCCNC(=O)[C@H](C)N(Cc1ccccc1)C(=O)CN(C)S(=O)(=O)c1ccc(C)cc1. The smallest absolute Gasteiger partial charge is 0.243 e. The van der Waals surface area contributed by atoms with Crippen molar-refractivity contribution in [3.05, 3.63) is 65.7 Å². The summed E-state index contributed by atoms with van der Waals surface area (Å²) in [7, 11) is -2.46. The summed E-state index contributed by atoms with van der Waals surface area (Å²) in [5.41, 5.74) is 1.80. The molecule has 0 aliphatic rings. The first-order valence-corrected chi connectivity index (χ1v) is 12.2. The van der Waals surface area contributed by atoms with Gasteiger partial charge in [0.1, 0.15) is 6.04 Å². The van der Waals surface area contributed by atoms with E-state index in [1.54, 1.807) is 19.1 Å². The number of carbonyl (C=O) groups is 2. The number of unbranched alkanes of at least 4 members (excludes halogenated alkanes) is 1. The van der Waals surface area contributed by atoms with E-state index in [9.17, 15) is 18.0 Å². The van der Waals surface area contributed by atoms with Crippen LogP contribution in [0.15, 0.2) is 59.5 Å². The minimum absolute atomic E-state index is 0.123. The van der Waals surface area contributed by atoms with E-state index in [2.05, 4.69) is 5.32 Å². The van der Waals surface area contributed by atoms with Gasteiger partial charge in [0.05, 0.1) is 11.4 Å². The molecule has 0 unspecified atom stereocenters. The Hall–Kier alpha value is -2.71. The number of nitrogens with one attached hydrogen (secondary N) is 1. The molecule has 0 aliphatic carbocycles. The summed E-state index contributed by atoms with van der Waals surface area (Å²) in [6.07, 6.45) is 1.80. The van der Waals surface area contributed by atoms with Crippen molar-refractivity contribution in [3.8, 4) is 0 Å². The zero-order valence-electron chi connectivity index (χ0n) is 19.2. The molecular weight excluding hydrogens is 426 g/mol. The number of hydrogen-bond acceptors (Lipinski definition) is 4. The maximum Gasteiger partial charge on any atom is 0.243 e. The summed E-state index contributed by atoms with van der Waals surface area (Å²) in [5.74, 6) is -0.697. The van der Waals surface area contributed by atoms with Gasteiger partial charge < -0.3 is 10.2 Å². The van der Waals surface area contributed by atoms with Gasteiger partial charge in [-0.2, -0.15) is 4.31 Å². The number of hydrogen-bond donors (Lipinski definition) is 1. The lowest BCUT2D eigenvalue weighted by molar-refractivity contribution is -0.140. The average Bonchev–Trinajstić information content (AvgIpc) is 2.78. The third-order valence-electron chi connectivity index (χ3n) is 5.28. The highest BCUT2D eigenvalue weighted by Gasteiger charge is 2.30. The van der Waals surface area contributed by atoms with Crippen LogP contribution in [0.3, 0.4) is 0 Å². The second kappa shape index (κ2) is 11.8. The summed E-state index contributed by atoms with van der Waals surface area (Å²) in [6.45, 7) is 5.95. The highest BCUT2D eigenvalue weighted by molar-refractivity contribution is 7.89. The minimum Gasteiger partial charge on any atom is -0.354 e. The predicted molar refractivity (Wildman–Crippen MR) is 125 cm³/mol. The number of amides is 2. The van der Waals surface area contributed by atoms with Crippen LogP contribution in [0, 0.1) is 6.92 Å². The number of aryl methyl sites for hydroxylation is 1. The molecule has 0 saturated carbocycles. The van der Waals surface area contributed by atoms with Crippen molar-refractivity contribution in [3.63, 3.8) is 0 Å². The molecule has 0 bridgehead atoms. The van der Waals surface area contributed by atoms with E-state index in [4.69, 9.17) is 0 Å². The number of likely N-dealkylation sites (N-methyl/N-ethyl adjacent to an activating group) is 1. The fourth-order valence-electron chi connectivity index (χ4n) is 3.16. The first-order valence-electron chi connectivity index (χ1n) is 10.8. The van der Waals surface area contributed by atoms with Crippen LogP contribution in [0.2, 0.25) is 0 Å². The number of nitrogens with zero attached hydrogens (tertiary/aromatic N) is 2. The summed E-state index contributed by atoms with van der Waals surface area (Å²) >= 11 is 0. The molecule has 2 aromatic rings. The van der Waals surface area contributed by atoms with E-state index in [0.29, 0.717) is 6.54 Å². The minimum atomic E-state index is -3.84. The fraction of sp³-hybridized carbons (Fsp3) is 0.417. The van der Waals surface area contributed by atoms with Crippen LogP contribution in [0.25, 0.3) is 0 Å². The summed E-state index contributed by atoms with van der Waals surface area (Å²) in [6, 6.07) is 15.1. The van der Waals surface area contributed by atoms with Crippen molar-refractivity contribution < 1.29 is 18.0 Å². The quantitative estimate of drug-likeness (QED) is 0.524. The van der Waals surface area contributed by atoms with Crippen LogP contribution in [0.5, 0.6) is 0 Å². The van der Waals surface area contributed by atoms with Crippen molar-refractivity contribution in [2.24, 2.45) is 0 Å². The number of sulfonamides is 1. The molecule has 8 heteroatoms. The highest BCUT2D eigenvalue weighted by Crippen LogP contribution is 2.16. The maximum atomic E-state index is 13.2. The Labute approximate surface area is 191 Å². The Morgan fingerprint density at radius 3 is 2.25 bits per heavy atom. The molecule has 0 aromatic heterocycles. The molecule has 0 aliphatic heterocycles. The molecular formula is C24H33N3O4S. The van der Waals surface area contributed by atoms with Crippen molar-refractivity contribution in [2.75, 3.05) is 20.1 Å². The number of benzene rings is 2. The highest BCUT2D eigenvalue weighted by atomic mass is 32.2. The molecule has 1 N–H and O–H groups in total. The van der Waals surface area contributed by atoms with E-state index in [-0.39, 0.29) is 23.9 Å². The van der Waals surface area contributed by atoms with Gasteiger partial charge in [-0.25, -0.2) is 8.42 Å². The summed E-state index contributed by atoms with van der Waals surface area (Å²) < 4.78 is 26.9. The maximum absolute atomic E-state index is 13.2. The lowest BCUT2D eigenvalue weighted by Gasteiger charge is -2.30. The largest absolute Gasteiger partial charge is 0.354 e. The van der Waals surface area contributed by atoms with Crippen LogP contribution in [-0.4, -0.2) is 55.6 Å². The van der Waals surface area contributed by atoms with E-state index >= 15 is 0 Å². The molecule has 7 nitrogen and oxygen atoms in total. The zero-order valence-corrected chi connectivity index (χ0v) is 20.1. The van der Waals surface area contributed by atoms with Crippen LogP contribution in [-0.2, 0) is 26.2 Å². The first kappa shape index (κ1) is 25.5. The Bertz CT molecular complexity index is 992. The van der Waals surface area contributed by atoms with Crippen molar-refractivity contribution in [2.45, 2.75) is 51.1 Å². The third kappa shape index (κ3) is 6.90. The fourth-order valence-corrected chi connectivity index (χ4v) is 4.28. The first-order chi connectivity index (χ1) is 15.2. The lowest BCUT2D eigenvalue weighted by atomic mass is 10.1. The molecule has 174 valence electrons. The summed E-state index contributed by atoms with van der Waals surface area (Å²) in [4.78, 5) is 27.4. The van der Waals surface area contributed by atoms with Crippen molar-refractivity contribution in [1.82, 2.24) is 14.5 Å². The molecule has 32 heavy (non-hydrogen) atoms. The lowest BCUT2D eigenvalue weighted by Crippen LogP contribution is -2.50. The van der Waals surface area contributed by atoms with E-state index in [0.717, 1.165) is 28.3 Å². The predicted octanol–water partition coefficient (Wildman–Crippen LogP) is 2.95. The van der Waals surface area contributed by atoms with Crippen LogP contribution < -0.4 is 5.32 Å². The van der Waals surface area contributed by atoms with Gasteiger partial charge in [-0.15, -0.1) is 0 Å². The Kier molecular flexibility index (Phi) is 9.41. The van der Waals surface area contributed by atoms with E-state index < -0.39 is 22.0 Å². The van der Waals surface area contributed by atoms with Crippen LogP contribution >= 0.6 is 0 Å². The Balaban J connectivity index is 2.20. The van der Waals surface area contributed by atoms with Crippen LogP contribution in [0.1, 0.15) is 37.8 Å². The van der Waals surface area contributed by atoms with Gasteiger partial charge in [-0.1, -0.05) is 61.4 Å². The molecule has 2 amide bonds. The molecule has 2 rings (SSSR count). The Morgan fingerprint density at radius 1 is 1.03 bits per heavy atom. The topological polar surface area (TPSA) is 86.8 Å². The average molecular weight is 460 g/mol. The standard InChI is InChI=1S/C24H33N3O4S/c1-5-6-16-25-24(29)20(3)27(17-21-10-8-7-9-11-21)23(28)18-26(4)32(30,31)22-14-12-19(2)13-15-22/h7-15,20H,5-6,16-18H2,1-4H3,(H,25,29)/t20-/m0/s1. The van der Waals surface area contributed by atoms with Gasteiger partial charge in [0.15, 0.2) is 0 Å². The molecule has 0 spiro atoms. The van der Waals surface area contributed by atoms with Gasteiger partial charge in [0.2, 0.25) is 21.8 Å². The Morgan fingerprint density at radius 2 is 1.66 bits per heavy atom. The number of carbonyl (C=O) groups excluding carboxylic acids is 2. The number of rotatable bonds is 11. The molecule has 0 heterocycles. The van der Waals surface area contributed by atoms with Crippen molar-refractivity contribution in [1.29, 1.82) is 0 Å². The van der Waals surface area contributed by atoms with Gasteiger partial charge in [0.25, 0.3) is 0 Å². The monoisotopic (exact) mass is 459 g/mol. The molecule has 0 radical (unpaired) electrons. The van der Waals surface area contributed by atoms with Gasteiger partial charge in [-0.3, -0.25) is 9.59 Å². The zero-order chi connectivity index (χ0) is 23.7. The second-order valence-electron chi connectivity index (χ2n) is 7.90.